The third kappa shape index (κ3) is 4.51. The van der Waals surface area contributed by atoms with Gasteiger partial charge in [-0.05, 0) is 69.2 Å². The van der Waals surface area contributed by atoms with Gasteiger partial charge in [-0.3, -0.25) is 14.2 Å². The van der Waals surface area contributed by atoms with Gasteiger partial charge in [0, 0.05) is 30.2 Å². The number of ether oxygens (including phenoxy) is 1. The first-order valence-electron chi connectivity index (χ1n) is 11.2. The normalized spacial score (nSPS) is 15.9. The Hall–Kier alpha value is -3.01. The summed E-state index contributed by atoms with van der Waals surface area (Å²) in [6, 6.07) is 10.9. The number of benzene rings is 2. The number of rotatable bonds is 5. The van der Waals surface area contributed by atoms with E-state index in [2.05, 4.69) is 5.32 Å². The van der Waals surface area contributed by atoms with Crippen molar-refractivity contribution in [2.24, 2.45) is 0 Å². The van der Waals surface area contributed by atoms with Crippen LogP contribution in [0.15, 0.2) is 52.2 Å². The van der Waals surface area contributed by atoms with E-state index in [0.717, 1.165) is 27.6 Å². The highest BCUT2D eigenvalue weighted by Gasteiger charge is 2.26. The van der Waals surface area contributed by atoms with E-state index in [9.17, 15) is 18.0 Å². The van der Waals surface area contributed by atoms with Crippen molar-refractivity contribution in [1.29, 1.82) is 0 Å². The van der Waals surface area contributed by atoms with E-state index in [1.54, 1.807) is 25.1 Å². The van der Waals surface area contributed by atoms with Crippen molar-refractivity contribution in [3.63, 3.8) is 0 Å². The molecular weight excluding hydrogens is 454 g/mol. The molecule has 1 unspecified atom stereocenters. The average Bonchev–Trinajstić information content (AvgIpc) is 2.80. The maximum Gasteiger partial charge on any atom is 0.252 e. The third-order valence-electron chi connectivity index (χ3n) is 6.18. The molecule has 34 heavy (non-hydrogen) atoms. The lowest BCUT2D eigenvalue weighted by atomic mass is 10.0. The second-order valence-corrected chi connectivity index (χ2v) is 10.7. The van der Waals surface area contributed by atoms with Crippen molar-refractivity contribution in [1.82, 2.24) is 8.87 Å². The summed E-state index contributed by atoms with van der Waals surface area (Å²) < 4.78 is 33.7. The van der Waals surface area contributed by atoms with Crippen LogP contribution in [0, 0.1) is 20.8 Å². The van der Waals surface area contributed by atoms with Gasteiger partial charge in [0.2, 0.25) is 15.9 Å². The van der Waals surface area contributed by atoms with Crippen molar-refractivity contribution in [2.75, 3.05) is 31.6 Å². The van der Waals surface area contributed by atoms with Crippen LogP contribution in [-0.4, -0.2) is 49.5 Å². The lowest BCUT2D eigenvalue weighted by Crippen LogP contribution is -2.40. The fourth-order valence-electron chi connectivity index (χ4n) is 4.42. The van der Waals surface area contributed by atoms with Crippen molar-refractivity contribution >= 4 is 32.5 Å². The number of aryl methyl sites for hydroxylation is 3. The number of carbonyl (C=O) groups is 1. The number of aromatic nitrogens is 1. The molecule has 1 atom stereocenters. The van der Waals surface area contributed by atoms with E-state index >= 15 is 0 Å². The minimum atomic E-state index is -3.61. The zero-order chi connectivity index (χ0) is 24.6. The van der Waals surface area contributed by atoms with Crippen molar-refractivity contribution < 1.29 is 17.9 Å². The van der Waals surface area contributed by atoms with Gasteiger partial charge in [-0.25, -0.2) is 8.42 Å². The van der Waals surface area contributed by atoms with Crippen LogP contribution < -0.4 is 10.9 Å². The van der Waals surface area contributed by atoms with Gasteiger partial charge in [-0.15, -0.1) is 0 Å². The Morgan fingerprint density at radius 2 is 1.65 bits per heavy atom. The number of hydrogen-bond donors (Lipinski definition) is 1. The Balaban J connectivity index is 1.59. The van der Waals surface area contributed by atoms with Crippen LogP contribution in [0.2, 0.25) is 0 Å². The number of nitrogens with zero attached hydrogens (tertiary/aromatic N) is 2. The third-order valence-corrected chi connectivity index (χ3v) is 8.10. The first-order chi connectivity index (χ1) is 16.1. The molecule has 1 aromatic heterocycles. The van der Waals surface area contributed by atoms with E-state index in [4.69, 9.17) is 4.74 Å². The number of hydrogen-bond acceptors (Lipinski definition) is 5. The molecule has 0 aliphatic carbocycles. The maximum absolute atomic E-state index is 13.1. The molecule has 2 aromatic carbocycles. The second kappa shape index (κ2) is 9.32. The average molecular weight is 484 g/mol. The quantitative estimate of drug-likeness (QED) is 0.601. The summed E-state index contributed by atoms with van der Waals surface area (Å²) in [6.45, 7) is 8.89. The highest BCUT2D eigenvalue weighted by Crippen LogP contribution is 2.26. The Morgan fingerprint density at radius 3 is 2.29 bits per heavy atom. The maximum atomic E-state index is 13.1. The highest BCUT2D eigenvalue weighted by molar-refractivity contribution is 7.89. The van der Waals surface area contributed by atoms with Crippen LogP contribution in [0.4, 0.5) is 5.69 Å². The molecule has 0 spiro atoms. The Bertz CT molecular complexity index is 1410. The molecule has 180 valence electrons. The summed E-state index contributed by atoms with van der Waals surface area (Å²) >= 11 is 0. The minimum Gasteiger partial charge on any atom is -0.379 e. The molecule has 8 nitrogen and oxygen atoms in total. The van der Waals surface area contributed by atoms with Gasteiger partial charge in [-0.1, -0.05) is 11.6 Å². The van der Waals surface area contributed by atoms with Gasteiger partial charge >= 0.3 is 0 Å². The Labute approximate surface area is 199 Å². The number of pyridine rings is 1. The molecule has 1 aliphatic rings. The largest absolute Gasteiger partial charge is 0.379 e. The molecule has 0 radical (unpaired) electrons. The van der Waals surface area contributed by atoms with Gasteiger partial charge in [0.15, 0.2) is 0 Å². The van der Waals surface area contributed by atoms with Crippen LogP contribution >= 0.6 is 0 Å². The molecule has 1 fully saturated rings. The first-order valence-corrected chi connectivity index (χ1v) is 12.7. The number of sulfonamides is 1. The van der Waals surface area contributed by atoms with Gasteiger partial charge in [-0.2, -0.15) is 4.31 Å². The molecule has 0 bridgehead atoms. The molecule has 2 heterocycles. The zero-order valence-corrected chi connectivity index (χ0v) is 20.6. The van der Waals surface area contributed by atoms with E-state index in [-0.39, 0.29) is 16.4 Å². The number of anilines is 1. The monoisotopic (exact) mass is 483 g/mol. The molecular formula is C25H29N3O5S. The van der Waals surface area contributed by atoms with Crippen LogP contribution in [0.5, 0.6) is 0 Å². The fourth-order valence-corrected chi connectivity index (χ4v) is 5.83. The summed E-state index contributed by atoms with van der Waals surface area (Å²) in [6.07, 6.45) is 0. The fraction of sp³-hybridized carbons (Fsp3) is 0.360. The van der Waals surface area contributed by atoms with Crippen molar-refractivity contribution in [3.8, 4) is 0 Å². The summed E-state index contributed by atoms with van der Waals surface area (Å²) in [7, 11) is -3.61. The molecule has 0 saturated carbocycles. The van der Waals surface area contributed by atoms with Gasteiger partial charge < -0.3 is 10.1 Å². The number of amides is 1. The van der Waals surface area contributed by atoms with E-state index in [0.29, 0.717) is 32.0 Å². The topological polar surface area (TPSA) is 97.7 Å². The Morgan fingerprint density at radius 1 is 1.00 bits per heavy atom. The number of carbonyl (C=O) groups excluding carboxylic acids is 1. The van der Waals surface area contributed by atoms with E-state index < -0.39 is 16.1 Å². The van der Waals surface area contributed by atoms with Crippen LogP contribution in [0.25, 0.3) is 10.9 Å². The molecule has 1 aliphatic heterocycles. The summed E-state index contributed by atoms with van der Waals surface area (Å²) in [5, 5.41) is 3.75. The standard InChI is InChI=1S/C25H29N3O5S/c1-16-13-18(3)24-22(14-16)17(2)15-23(29)28(24)19(4)25(30)26-20-5-7-21(8-6-20)34(31,32)27-9-11-33-12-10-27/h5-8,13-15,19H,9-12H2,1-4H3,(H,26,30). The molecule has 3 aromatic rings. The zero-order valence-electron chi connectivity index (χ0n) is 19.8. The number of fused-ring (bicyclic) bond motifs is 1. The molecule has 1 amide bonds. The number of nitrogens with one attached hydrogen (secondary N) is 1. The number of morpholine rings is 1. The lowest BCUT2D eigenvalue weighted by molar-refractivity contribution is -0.118. The SMILES string of the molecule is Cc1cc(C)c2c(c1)c(C)cc(=O)n2C(C)C(=O)Nc1ccc(S(=O)(=O)N2CCOCC2)cc1. The van der Waals surface area contributed by atoms with Crippen molar-refractivity contribution in [2.45, 2.75) is 38.6 Å². The first kappa shape index (κ1) is 24.1. The van der Waals surface area contributed by atoms with Gasteiger partial charge in [0.25, 0.3) is 5.56 Å². The van der Waals surface area contributed by atoms with Crippen LogP contribution in [0.3, 0.4) is 0 Å². The molecule has 1 N–H and O–H groups in total. The van der Waals surface area contributed by atoms with Gasteiger partial charge in [0.1, 0.15) is 6.04 Å². The highest BCUT2D eigenvalue weighted by atomic mass is 32.2. The summed E-state index contributed by atoms with van der Waals surface area (Å²) in [5.41, 5.74) is 3.83. The summed E-state index contributed by atoms with van der Waals surface area (Å²) in [5.74, 6) is -0.365. The predicted octanol–water partition coefficient (Wildman–Crippen LogP) is 3.15. The Kier molecular flexibility index (Phi) is 6.62. The lowest BCUT2D eigenvalue weighted by Gasteiger charge is -2.26. The smallest absolute Gasteiger partial charge is 0.252 e. The van der Waals surface area contributed by atoms with Crippen LogP contribution in [-0.2, 0) is 19.6 Å². The summed E-state index contributed by atoms with van der Waals surface area (Å²) in [4.78, 5) is 26.1. The van der Waals surface area contributed by atoms with Gasteiger partial charge in [0.05, 0.1) is 23.6 Å². The van der Waals surface area contributed by atoms with Crippen molar-refractivity contribution in [3.05, 3.63) is 69.5 Å². The van der Waals surface area contributed by atoms with Crippen LogP contribution in [0.1, 0.15) is 29.7 Å². The minimum absolute atomic E-state index is 0.159. The molecule has 1 saturated heterocycles. The molecule has 9 heteroatoms. The second-order valence-electron chi connectivity index (χ2n) is 8.72. The van der Waals surface area contributed by atoms with E-state index in [1.807, 2.05) is 32.9 Å². The molecule has 4 rings (SSSR count). The predicted molar refractivity (Wildman–Crippen MR) is 132 cm³/mol. The van der Waals surface area contributed by atoms with E-state index in [1.165, 1.54) is 21.0 Å².